The molecule has 0 saturated heterocycles. The van der Waals surface area contributed by atoms with Crippen LogP contribution in [0.15, 0.2) is 52.7 Å². The monoisotopic (exact) mass is 346 g/mol. The van der Waals surface area contributed by atoms with E-state index in [4.69, 9.17) is 0 Å². The van der Waals surface area contributed by atoms with Crippen molar-refractivity contribution in [2.45, 2.75) is 6.54 Å². The Morgan fingerprint density at radius 2 is 2.10 bits per heavy atom. The Kier molecular flexibility index (Phi) is 4.03. The number of anilines is 1. The summed E-state index contributed by atoms with van der Waals surface area (Å²) in [6.07, 6.45) is 3.57. The topological polar surface area (TPSA) is 50.7 Å². The standard InChI is InChI=1S/C14H11BrN4S/c15-13-5-4-10(7-18-13)17-8-11-9-20-14(19-11)12-3-1-2-6-16-12/h1-7,9,17H,8H2. The van der Waals surface area contributed by atoms with Gasteiger partial charge >= 0.3 is 0 Å². The van der Waals surface area contributed by atoms with Gasteiger partial charge in [0.15, 0.2) is 0 Å². The van der Waals surface area contributed by atoms with Crippen molar-refractivity contribution in [1.82, 2.24) is 15.0 Å². The number of halogens is 1. The van der Waals surface area contributed by atoms with Gasteiger partial charge in [-0.1, -0.05) is 6.07 Å². The maximum Gasteiger partial charge on any atom is 0.142 e. The second-order valence-electron chi connectivity index (χ2n) is 4.08. The number of hydrogen-bond acceptors (Lipinski definition) is 5. The molecular weight excluding hydrogens is 336 g/mol. The summed E-state index contributed by atoms with van der Waals surface area (Å²) in [6.45, 7) is 0.673. The second-order valence-corrected chi connectivity index (χ2v) is 5.75. The molecule has 0 spiro atoms. The highest BCUT2D eigenvalue weighted by molar-refractivity contribution is 9.10. The molecule has 4 nitrogen and oxygen atoms in total. The van der Waals surface area contributed by atoms with Crippen molar-refractivity contribution in [3.05, 3.63) is 58.4 Å². The van der Waals surface area contributed by atoms with Gasteiger partial charge in [-0.15, -0.1) is 11.3 Å². The van der Waals surface area contributed by atoms with Gasteiger partial charge in [0.1, 0.15) is 9.61 Å². The van der Waals surface area contributed by atoms with E-state index in [0.717, 1.165) is 26.7 Å². The summed E-state index contributed by atoms with van der Waals surface area (Å²) in [5.41, 5.74) is 2.88. The van der Waals surface area contributed by atoms with Gasteiger partial charge in [0.25, 0.3) is 0 Å². The van der Waals surface area contributed by atoms with Crippen LogP contribution >= 0.6 is 27.3 Å². The fourth-order valence-corrected chi connectivity index (χ4v) is 2.70. The van der Waals surface area contributed by atoms with Crippen molar-refractivity contribution in [3.63, 3.8) is 0 Å². The molecule has 3 heterocycles. The Morgan fingerprint density at radius 3 is 2.85 bits per heavy atom. The third kappa shape index (κ3) is 3.20. The van der Waals surface area contributed by atoms with Crippen molar-refractivity contribution in [2.24, 2.45) is 0 Å². The smallest absolute Gasteiger partial charge is 0.142 e. The predicted molar refractivity (Wildman–Crippen MR) is 84.6 cm³/mol. The molecule has 0 bridgehead atoms. The first-order chi connectivity index (χ1) is 9.81. The van der Waals surface area contributed by atoms with E-state index < -0.39 is 0 Å². The summed E-state index contributed by atoms with van der Waals surface area (Å²) in [5.74, 6) is 0. The van der Waals surface area contributed by atoms with E-state index >= 15 is 0 Å². The van der Waals surface area contributed by atoms with Crippen LogP contribution in [0.4, 0.5) is 5.69 Å². The van der Waals surface area contributed by atoms with E-state index in [2.05, 4.69) is 36.2 Å². The largest absolute Gasteiger partial charge is 0.378 e. The molecule has 6 heteroatoms. The molecule has 0 aliphatic rings. The molecule has 0 saturated carbocycles. The molecule has 3 aromatic rings. The van der Waals surface area contributed by atoms with E-state index in [-0.39, 0.29) is 0 Å². The molecule has 0 radical (unpaired) electrons. The van der Waals surface area contributed by atoms with E-state index in [1.165, 1.54) is 0 Å². The number of nitrogens with zero attached hydrogens (tertiary/aromatic N) is 3. The third-order valence-electron chi connectivity index (χ3n) is 2.64. The summed E-state index contributed by atoms with van der Waals surface area (Å²) in [4.78, 5) is 13.1. The summed E-state index contributed by atoms with van der Waals surface area (Å²) in [6, 6.07) is 9.72. The number of pyridine rings is 2. The highest BCUT2D eigenvalue weighted by atomic mass is 79.9. The molecule has 0 atom stereocenters. The molecule has 0 amide bonds. The number of aromatic nitrogens is 3. The SMILES string of the molecule is Brc1ccc(NCc2csc(-c3ccccn3)n2)cn1. The first-order valence-electron chi connectivity index (χ1n) is 6.02. The Balaban J connectivity index is 1.67. The lowest BCUT2D eigenvalue weighted by molar-refractivity contribution is 1.07. The molecule has 0 aromatic carbocycles. The molecule has 0 aliphatic carbocycles. The summed E-state index contributed by atoms with van der Waals surface area (Å²) in [5, 5.41) is 6.28. The van der Waals surface area contributed by atoms with Gasteiger partial charge in [0.05, 0.1) is 29.8 Å². The van der Waals surface area contributed by atoms with E-state index in [0.29, 0.717) is 6.54 Å². The van der Waals surface area contributed by atoms with Crippen molar-refractivity contribution in [3.8, 4) is 10.7 Å². The molecule has 0 fully saturated rings. The van der Waals surface area contributed by atoms with Gasteiger partial charge in [0.2, 0.25) is 0 Å². The Hall–Kier alpha value is -1.79. The number of hydrogen-bond donors (Lipinski definition) is 1. The number of rotatable bonds is 4. The van der Waals surface area contributed by atoms with Gasteiger partial charge in [-0.2, -0.15) is 0 Å². The lowest BCUT2D eigenvalue weighted by Crippen LogP contribution is -2.00. The van der Waals surface area contributed by atoms with Gasteiger partial charge in [-0.25, -0.2) is 9.97 Å². The van der Waals surface area contributed by atoms with Crippen LogP contribution in [0, 0.1) is 0 Å². The van der Waals surface area contributed by atoms with Crippen LogP contribution in [-0.2, 0) is 6.54 Å². The van der Waals surface area contributed by atoms with Gasteiger partial charge in [-0.3, -0.25) is 4.98 Å². The normalized spacial score (nSPS) is 10.4. The molecule has 3 rings (SSSR count). The first kappa shape index (κ1) is 13.2. The molecule has 0 unspecified atom stereocenters. The lowest BCUT2D eigenvalue weighted by atomic mass is 10.3. The summed E-state index contributed by atoms with van der Waals surface area (Å²) >= 11 is 4.92. The van der Waals surface area contributed by atoms with Crippen LogP contribution in [-0.4, -0.2) is 15.0 Å². The zero-order valence-electron chi connectivity index (χ0n) is 10.5. The van der Waals surface area contributed by atoms with Crippen molar-refractivity contribution >= 4 is 33.0 Å². The molecule has 100 valence electrons. The minimum atomic E-state index is 0.673. The van der Waals surface area contributed by atoms with Crippen LogP contribution in [0.2, 0.25) is 0 Å². The third-order valence-corrected chi connectivity index (χ3v) is 4.02. The van der Waals surface area contributed by atoms with Gasteiger partial charge < -0.3 is 5.32 Å². The highest BCUT2D eigenvalue weighted by Gasteiger charge is 2.05. The number of thiazole rings is 1. The second kappa shape index (κ2) is 6.11. The van der Waals surface area contributed by atoms with Crippen molar-refractivity contribution < 1.29 is 0 Å². The van der Waals surface area contributed by atoms with Gasteiger partial charge in [-0.05, 0) is 40.2 Å². The average Bonchev–Trinajstić information content (AvgIpc) is 2.97. The summed E-state index contributed by atoms with van der Waals surface area (Å²) < 4.78 is 0.828. The first-order valence-corrected chi connectivity index (χ1v) is 7.70. The van der Waals surface area contributed by atoms with Crippen LogP contribution in [0.25, 0.3) is 10.7 Å². The van der Waals surface area contributed by atoms with Crippen LogP contribution in [0.5, 0.6) is 0 Å². The molecule has 3 aromatic heterocycles. The van der Waals surface area contributed by atoms with Crippen molar-refractivity contribution in [1.29, 1.82) is 0 Å². The van der Waals surface area contributed by atoms with Crippen molar-refractivity contribution in [2.75, 3.05) is 5.32 Å². The minimum absolute atomic E-state index is 0.673. The molecule has 20 heavy (non-hydrogen) atoms. The van der Waals surface area contributed by atoms with E-state index in [1.54, 1.807) is 23.7 Å². The molecular formula is C14H11BrN4S. The maximum absolute atomic E-state index is 4.58. The lowest BCUT2D eigenvalue weighted by Gasteiger charge is -2.03. The van der Waals surface area contributed by atoms with E-state index in [1.807, 2.05) is 35.7 Å². The van der Waals surface area contributed by atoms with Gasteiger partial charge in [0, 0.05) is 11.6 Å². The molecule has 0 aliphatic heterocycles. The average molecular weight is 347 g/mol. The van der Waals surface area contributed by atoms with Crippen LogP contribution < -0.4 is 5.32 Å². The summed E-state index contributed by atoms with van der Waals surface area (Å²) in [7, 11) is 0. The van der Waals surface area contributed by atoms with Crippen LogP contribution in [0.3, 0.4) is 0 Å². The number of nitrogens with one attached hydrogen (secondary N) is 1. The highest BCUT2D eigenvalue weighted by Crippen LogP contribution is 2.21. The maximum atomic E-state index is 4.58. The zero-order valence-corrected chi connectivity index (χ0v) is 12.9. The zero-order chi connectivity index (χ0) is 13.8. The van der Waals surface area contributed by atoms with E-state index in [9.17, 15) is 0 Å². The minimum Gasteiger partial charge on any atom is -0.378 e. The fourth-order valence-electron chi connectivity index (χ4n) is 1.67. The Bertz CT molecular complexity index is 682. The Morgan fingerprint density at radius 1 is 1.15 bits per heavy atom. The molecule has 1 N–H and O–H groups in total. The Labute approximate surface area is 129 Å². The fraction of sp³-hybridized carbons (Fsp3) is 0.0714. The van der Waals surface area contributed by atoms with Crippen LogP contribution in [0.1, 0.15) is 5.69 Å². The predicted octanol–water partition coefficient (Wildman–Crippen LogP) is 3.97. The quantitative estimate of drug-likeness (QED) is 0.726.